The predicted octanol–water partition coefficient (Wildman–Crippen LogP) is 3.51. The number of hydrogen-bond acceptors (Lipinski definition) is 3. The minimum absolute atomic E-state index is 0.00734. The average Bonchev–Trinajstić information content (AvgIpc) is 2.82. The fourth-order valence-electron chi connectivity index (χ4n) is 2.04. The first-order chi connectivity index (χ1) is 8.75. The van der Waals surface area contributed by atoms with Gasteiger partial charge in [0, 0.05) is 11.6 Å². The molecule has 0 fully saturated rings. The summed E-state index contributed by atoms with van der Waals surface area (Å²) in [5.41, 5.74) is 9.71. The van der Waals surface area contributed by atoms with Crippen LogP contribution >= 0.6 is 0 Å². The van der Waals surface area contributed by atoms with E-state index in [0.717, 1.165) is 27.8 Å². The lowest BCUT2D eigenvalue weighted by Gasteiger charge is -2.04. The maximum Gasteiger partial charge on any atom is 0.167 e. The molecule has 1 aromatic heterocycles. The van der Waals surface area contributed by atoms with Gasteiger partial charge in [0.25, 0.3) is 0 Å². The molecule has 0 aliphatic heterocycles. The van der Waals surface area contributed by atoms with Crippen LogP contribution in [0.5, 0.6) is 0 Å². The van der Waals surface area contributed by atoms with Gasteiger partial charge in [0.1, 0.15) is 5.69 Å². The highest BCUT2D eigenvalue weighted by Crippen LogP contribution is 2.29. The Morgan fingerprint density at radius 2 is 1.89 bits per heavy atom. The normalized spacial score (nSPS) is 12.8. The van der Waals surface area contributed by atoms with E-state index in [4.69, 9.17) is 10.3 Å². The topological polar surface area (TPSA) is 52.0 Å². The smallest absolute Gasteiger partial charge is 0.167 e. The van der Waals surface area contributed by atoms with Gasteiger partial charge in [-0.2, -0.15) is 0 Å². The average molecular weight is 238 g/mol. The first-order valence-electron chi connectivity index (χ1n) is 5.96. The lowest BCUT2D eigenvalue weighted by Crippen LogP contribution is -2.04. The number of benzene rings is 2. The van der Waals surface area contributed by atoms with E-state index in [-0.39, 0.29) is 6.04 Å². The summed E-state index contributed by atoms with van der Waals surface area (Å²) in [6.45, 7) is 1.97. The van der Waals surface area contributed by atoms with E-state index in [1.54, 1.807) is 0 Å². The molecule has 0 bridgehead atoms. The Kier molecular flexibility index (Phi) is 2.61. The van der Waals surface area contributed by atoms with Gasteiger partial charge in [0.2, 0.25) is 0 Å². The van der Waals surface area contributed by atoms with E-state index in [1.807, 2.05) is 49.4 Å². The Labute approximate surface area is 105 Å². The van der Waals surface area contributed by atoms with Crippen LogP contribution in [0.1, 0.15) is 18.5 Å². The van der Waals surface area contributed by atoms with Crippen molar-refractivity contribution in [3.8, 4) is 11.3 Å². The van der Waals surface area contributed by atoms with Crippen molar-refractivity contribution in [1.29, 1.82) is 0 Å². The molecular formula is C15H14N2O. The summed E-state index contributed by atoms with van der Waals surface area (Å²) in [5, 5.41) is 5.16. The zero-order chi connectivity index (χ0) is 12.5. The molecule has 3 nitrogen and oxygen atoms in total. The molecule has 1 unspecified atom stereocenters. The van der Waals surface area contributed by atoms with Gasteiger partial charge in [0.15, 0.2) is 5.58 Å². The summed E-state index contributed by atoms with van der Waals surface area (Å²) in [4.78, 5) is 0. The van der Waals surface area contributed by atoms with Crippen molar-refractivity contribution in [1.82, 2.24) is 5.16 Å². The van der Waals surface area contributed by atoms with Gasteiger partial charge in [-0.05, 0) is 24.6 Å². The van der Waals surface area contributed by atoms with Crippen LogP contribution in [0.15, 0.2) is 53.1 Å². The third-order valence-corrected chi connectivity index (χ3v) is 3.07. The summed E-state index contributed by atoms with van der Waals surface area (Å²) in [6.07, 6.45) is 0. The second-order valence-corrected chi connectivity index (χ2v) is 4.44. The molecule has 0 aliphatic rings. The van der Waals surface area contributed by atoms with Crippen molar-refractivity contribution in [2.24, 2.45) is 5.73 Å². The molecule has 18 heavy (non-hydrogen) atoms. The summed E-state index contributed by atoms with van der Waals surface area (Å²) in [7, 11) is 0. The van der Waals surface area contributed by atoms with Gasteiger partial charge in [-0.25, -0.2) is 0 Å². The first-order valence-corrected chi connectivity index (χ1v) is 5.96. The third kappa shape index (κ3) is 1.79. The van der Waals surface area contributed by atoms with Crippen LogP contribution in [0.4, 0.5) is 0 Å². The van der Waals surface area contributed by atoms with E-state index in [2.05, 4.69) is 11.2 Å². The fourth-order valence-corrected chi connectivity index (χ4v) is 2.04. The van der Waals surface area contributed by atoms with Gasteiger partial charge in [-0.15, -0.1) is 0 Å². The van der Waals surface area contributed by atoms with E-state index in [0.29, 0.717) is 0 Å². The molecule has 0 amide bonds. The van der Waals surface area contributed by atoms with Gasteiger partial charge in [-0.3, -0.25) is 0 Å². The van der Waals surface area contributed by atoms with E-state index >= 15 is 0 Å². The second kappa shape index (κ2) is 4.27. The lowest BCUT2D eigenvalue weighted by atomic mass is 10.0. The molecular weight excluding hydrogens is 224 g/mol. The Balaban J connectivity index is 2.21. The number of fused-ring (bicyclic) bond motifs is 1. The monoisotopic (exact) mass is 238 g/mol. The van der Waals surface area contributed by atoms with Crippen molar-refractivity contribution < 1.29 is 4.52 Å². The summed E-state index contributed by atoms with van der Waals surface area (Å²) in [5.74, 6) is 0. The Morgan fingerprint density at radius 1 is 1.11 bits per heavy atom. The number of aromatic nitrogens is 1. The van der Waals surface area contributed by atoms with Crippen molar-refractivity contribution in [3.63, 3.8) is 0 Å². The summed E-state index contributed by atoms with van der Waals surface area (Å²) < 4.78 is 5.35. The highest BCUT2D eigenvalue weighted by molar-refractivity contribution is 5.91. The van der Waals surface area contributed by atoms with Crippen LogP contribution in [0.3, 0.4) is 0 Å². The Hall–Kier alpha value is -2.13. The largest absolute Gasteiger partial charge is 0.356 e. The van der Waals surface area contributed by atoms with Crippen molar-refractivity contribution in [2.75, 3.05) is 0 Å². The van der Waals surface area contributed by atoms with Crippen LogP contribution < -0.4 is 5.73 Å². The van der Waals surface area contributed by atoms with Crippen molar-refractivity contribution in [2.45, 2.75) is 13.0 Å². The number of hydrogen-bond donors (Lipinski definition) is 1. The molecule has 1 heterocycles. The quantitative estimate of drug-likeness (QED) is 0.743. The molecule has 2 N–H and O–H groups in total. The molecule has 90 valence electrons. The highest BCUT2D eigenvalue weighted by atomic mass is 16.5. The van der Waals surface area contributed by atoms with Crippen LogP contribution in [0.25, 0.3) is 22.2 Å². The van der Waals surface area contributed by atoms with Crippen molar-refractivity contribution >= 4 is 11.0 Å². The zero-order valence-corrected chi connectivity index (χ0v) is 10.1. The lowest BCUT2D eigenvalue weighted by molar-refractivity contribution is 0.459. The van der Waals surface area contributed by atoms with E-state index in [1.165, 1.54) is 0 Å². The van der Waals surface area contributed by atoms with Gasteiger partial charge in [-0.1, -0.05) is 41.6 Å². The highest BCUT2D eigenvalue weighted by Gasteiger charge is 2.11. The van der Waals surface area contributed by atoms with Crippen molar-refractivity contribution in [3.05, 3.63) is 54.1 Å². The van der Waals surface area contributed by atoms with Gasteiger partial charge < -0.3 is 10.3 Å². The first kappa shape index (κ1) is 11.0. The van der Waals surface area contributed by atoms with Crippen LogP contribution in [0.2, 0.25) is 0 Å². The Bertz CT molecular complexity index is 671. The van der Waals surface area contributed by atoms with E-state index in [9.17, 15) is 0 Å². The zero-order valence-electron chi connectivity index (χ0n) is 10.1. The van der Waals surface area contributed by atoms with Gasteiger partial charge in [0.05, 0.1) is 5.39 Å². The summed E-state index contributed by atoms with van der Waals surface area (Å²) in [6, 6.07) is 16.0. The SMILES string of the molecule is CC(N)c1ccc2onc(-c3ccccc3)c2c1. The molecule has 2 aromatic carbocycles. The number of nitrogens with zero attached hydrogens (tertiary/aromatic N) is 1. The molecule has 3 rings (SSSR count). The maximum atomic E-state index is 5.91. The fraction of sp³-hybridized carbons (Fsp3) is 0.133. The minimum atomic E-state index is 0.00734. The Morgan fingerprint density at radius 3 is 2.61 bits per heavy atom. The molecule has 0 radical (unpaired) electrons. The third-order valence-electron chi connectivity index (χ3n) is 3.07. The number of nitrogens with two attached hydrogens (primary N) is 1. The van der Waals surface area contributed by atoms with Crippen LogP contribution in [-0.2, 0) is 0 Å². The second-order valence-electron chi connectivity index (χ2n) is 4.44. The molecule has 0 saturated carbocycles. The molecule has 0 aliphatic carbocycles. The molecule has 0 spiro atoms. The molecule has 3 aromatic rings. The summed E-state index contributed by atoms with van der Waals surface area (Å²) >= 11 is 0. The molecule has 0 saturated heterocycles. The van der Waals surface area contributed by atoms with Crippen LogP contribution in [0, 0.1) is 0 Å². The van der Waals surface area contributed by atoms with Crippen LogP contribution in [-0.4, -0.2) is 5.16 Å². The molecule has 1 atom stereocenters. The maximum absolute atomic E-state index is 5.91. The van der Waals surface area contributed by atoms with Gasteiger partial charge >= 0.3 is 0 Å². The number of rotatable bonds is 2. The molecule has 3 heteroatoms. The minimum Gasteiger partial charge on any atom is -0.356 e. The van der Waals surface area contributed by atoms with E-state index < -0.39 is 0 Å². The predicted molar refractivity (Wildman–Crippen MR) is 72.0 cm³/mol. The standard InChI is InChI=1S/C15H14N2O/c1-10(16)12-7-8-14-13(9-12)15(17-18-14)11-5-3-2-4-6-11/h2-10H,16H2,1H3.